The number of anilines is 1. The van der Waals surface area contributed by atoms with Crippen LogP contribution in [0.2, 0.25) is 10.0 Å². The smallest absolute Gasteiger partial charge is 0.251 e. The molecule has 19 heavy (non-hydrogen) atoms. The lowest BCUT2D eigenvalue weighted by atomic mass is 10.1. The Kier molecular flexibility index (Phi) is 6.46. The lowest BCUT2D eigenvalue weighted by Gasteiger charge is -2.08. The third-order valence-electron chi connectivity index (χ3n) is 2.84. The molecule has 0 aromatic heterocycles. The van der Waals surface area contributed by atoms with Gasteiger partial charge in [-0.3, -0.25) is 4.79 Å². The molecular weight excluding hydrogens is 283 g/mol. The van der Waals surface area contributed by atoms with E-state index in [1.165, 1.54) is 18.6 Å². The summed E-state index contributed by atoms with van der Waals surface area (Å²) in [6.07, 6.45) is 3.26. The second-order valence-electron chi connectivity index (χ2n) is 5.00. The predicted octanol–water partition coefficient (Wildman–Crippen LogP) is 4.13. The first-order chi connectivity index (χ1) is 8.91. The Bertz CT molecular complexity index is 424. The molecule has 1 amide bonds. The molecule has 0 fully saturated rings. The first kappa shape index (κ1) is 16.1. The summed E-state index contributed by atoms with van der Waals surface area (Å²) in [6.45, 7) is 5.04. The highest BCUT2D eigenvalue weighted by atomic mass is 35.5. The summed E-state index contributed by atoms with van der Waals surface area (Å²) in [6, 6.07) is 3.07. The molecule has 0 aliphatic rings. The van der Waals surface area contributed by atoms with E-state index in [0.29, 0.717) is 33.8 Å². The molecule has 5 heteroatoms. The molecule has 0 bridgehead atoms. The molecule has 0 atom stereocenters. The number of carbonyl (C=O) groups is 1. The zero-order chi connectivity index (χ0) is 14.4. The van der Waals surface area contributed by atoms with Crippen LogP contribution >= 0.6 is 23.2 Å². The summed E-state index contributed by atoms with van der Waals surface area (Å²) in [4.78, 5) is 11.9. The van der Waals surface area contributed by atoms with Gasteiger partial charge in [0.05, 0.1) is 15.7 Å². The fraction of sp³-hybridized carbons (Fsp3) is 0.500. The molecule has 3 N–H and O–H groups in total. The van der Waals surface area contributed by atoms with Crippen LogP contribution in [0.1, 0.15) is 43.5 Å². The summed E-state index contributed by atoms with van der Waals surface area (Å²) in [5.74, 6) is 0.527. The molecule has 0 heterocycles. The zero-order valence-electron chi connectivity index (χ0n) is 11.3. The molecule has 0 unspecified atom stereocenters. The molecule has 1 rings (SSSR count). The van der Waals surface area contributed by atoms with E-state index >= 15 is 0 Å². The number of hydrogen-bond acceptors (Lipinski definition) is 2. The van der Waals surface area contributed by atoms with Crippen LogP contribution in [0.5, 0.6) is 0 Å². The maximum absolute atomic E-state index is 11.9. The number of unbranched alkanes of at least 4 members (excludes halogenated alkanes) is 1. The number of rotatable bonds is 6. The predicted molar refractivity (Wildman–Crippen MR) is 81.9 cm³/mol. The monoisotopic (exact) mass is 302 g/mol. The van der Waals surface area contributed by atoms with Crippen molar-refractivity contribution in [3.05, 3.63) is 27.7 Å². The molecule has 0 aliphatic heterocycles. The van der Waals surface area contributed by atoms with Gasteiger partial charge in [0.25, 0.3) is 5.91 Å². The van der Waals surface area contributed by atoms with Gasteiger partial charge in [-0.15, -0.1) is 0 Å². The maximum atomic E-state index is 11.9. The number of hydrogen-bond donors (Lipinski definition) is 2. The SMILES string of the molecule is CC(C)CCCCNC(=O)c1cc(Cl)c(N)c(Cl)c1. The van der Waals surface area contributed by atoms with E-state index in [1.54, 1.807) is 0 Å². The average molecular weight is 303 g/mol. The maximum Gasteiger partial charge on any atom is 0.251 e. The lowest BCUT2D eigenvalue weighted by molar-refractivity contribution is 0.0953. The Labute approximate surface area is 124 Å². The third-order valence-corrected chi connectivity index (χ3v) is 3.46. The fourth-order valence-electron chi connectivity index (χ4n) is 1.70. The van der Waals surface area contributed by atoms with Crippen molar-refractivity contribution in [1.29, 1.82) is 0 Å². The highest BCUT2D eigenvalue weighted by molar-refractivity contribution is 6.39. The van der Waals surface area contributed by atoms with Gasteiger partial charge in [0.1, 0.15) is 0 Å². The molecule has 3 nitrogen and oxygen atoms in total. The highest BCUT2D eigenvalue weighted by Crippen LogP contribution is 2.28. The van der Waals surface area contributed by atoms with Crippen LogP contribution in [0.25, 0.3) is 0 Å². The first-order valence-corrected chi connectivity index (χ1v) is 7.20. The molecule has 106 valence electrons. The Morgan fingerprint density at radius 1 is 1.26 bits per heavy atom. The van der Waals surface area contributed by atoms with Gasteiger partial charge in [0, 0.05) is 12.1 Å². The molecule has 0 spiro atoms. The van der Waals surface area contributed by atoms with Crippen LogP contribution in [-0.4, -0.2) is 12.5 Å². The van der Waals surface area contributed by atoms with Crippen molar-refractivity contribution in [2.45, 2.75) is 33.1 Å². The number of carbonyl (C=O) groups excluding carboxylic acids is 1. The van der Waals surface area contributed by atoms with Gasteiger partial charge >= 0.3 is 0 Å². The minimum Gasteiger partial charge on any atom is -0.396 e. The summed E-state index contributed by atoms with van der Waals surface area (Å²) in [5, 5.41) is 3.46. The summed E-state index contributed by atoms with van der Waals surface area (Å²) < 4.78 is 0. The van der Waals surface area contributed by atoms with E-state index in [1.807, 2.05) is 0 Å². The van der Waals surface area contributed by atoms with Crippen LogP contribution in [0.15, 0.2) is 12.1 Å². The van der Waals surface area contributed by atoms with Gasteiger partial charge in [0.2, 0.25) is 0 Å². The number of nitrogens with one attached hydrogen (secondary N) is 1. The van der Waals surface area contributed by atoms with Gasteiger partial charge in [-0.25, -0.2) is 0 Å². The van der Waals surface area contributed by atoms with Gasteiger partial charge in [-0.2, -0.15) is 0 Å². The number of nitrogens with two attached hydrogens (primary N) is 1. The van der Waals surface area contributed by atoms with E-state index in [-0.39, 0.29) is 5.91 Å². The molecule has 0 saturated carbocycles. The van der Waals surface area contributed by atoms with E-state index < -0.39 is 0 Å². The van der Waals surface area contributed by atoms with Crippen LogP contribution in [0.3, 0.4) is 0 Å². The number of halogens is 2. The molecule has 1 aromatic rings. The van der Waals surface area contributed by atoms with E-state index in [9.17, 15) is 4.79 Å². The van der Waals surface area contributed by atoms with Crippen molar-refractivity contribution < 1.29 is 4.79 Å². The van der Waals surface area contributed by atoms with Gasteiger partial charge in [-0.05, 0) is 24.5 Å². The van der Waals surface area contributed by atoms with Crippen molar-refractivity contribution in [2.75, 3.05) is 12.3 Å². The first-order valence-electron chi connectivity index (χ1n) is 6.44. The van der Waals surface area contributed by atoms with Crippen molar-refractivity contribution >= 4 is 34.8 Å². The fourth-order valence-corrected chi connectivity index (χ4v) is 2.18. The van der Waals surface area contributed by atoms with E-state index in [4.69, 9.17) is 28.9 Å². The molecular formula is C14H20Cl2N2O. The Hall–Kier alpha value is -0.930. The van der Waals surface area contributed by atoms with E-state index in [0.717, 1.165) is 12.8 Å². The lowest BCUT2D eigenvalue weighted by Crippen LogP contribution is -2.24. The van der Waals surface area contributed by atoms with Gasteiger partial charge in [0.15, 0.2) is 0 Å². The minimum atomic E-state index is -0.173. The van der Waals surface area contributed by atoms with Gasteiger partial charge < -0.3 is 11.1 Å². The molecule has 1 aromatic carbocycles. The Morgan fingerprint density at radius 2 is 1.84 bits per heavy atom. The number of benzene rings is 1. The topological polar surface area (TPSA) is 55.1 Å². The molecule has 0 aliphatic carbocycles. The largest absolute Gasteiger partial charge is 0.396 e. The van der Waals surface area contributed by atoms with Crippen molar-refractivity contribution in [3.63, 3.8) is 0 Å². The quantitative estimate of drug-likeness (QED) is 0.613. The van der Waals surface area contributed by atoms with Gasteiger partial charge in [-0.1, -0.05) is 49.9 Å². The standard InChI is InChI=1S/C14H20Cl2N2O/c1-9(2)5-3-4-6-18-14(19)10-7-11(15)13(17)12(16)8-10/h7-9H,3-6,17H2,1-2H3,(H,18,19). The number of amides is 1. The summed E-state index contributed by atoms with van der Waals surface area (Å²) >= 11 is 11.8. The van der Waals surface area contributed by atoms with Crippen LogP contribution < -0.4 is 11.1 Å². The molecule has 0 radical (unpaired) electrons. The summed E-state index contributed by atoms with van der Waals surface area (Å²) in [5.41, 5.74) is 6.36. The average Bonchev–Trinajstić information content (AvgIpc) is 2.34. The van der Waals surface area contributed by atoms with Crippen molar-refractivity contribution in [2.24, 2.45) is 5.92 Å². The Balaban J connectivity index is 2.46. The van der Waals surface area contributed by atoms with Crippen molar-refractivity contribution in [3.8, 4) is 0 Å². The Morgan fingerprint density at radius 3 is 2.37 bits per heavy atom. The molecule has 0 saturated heterocycles. The van der Waals surface area contributed by atoms with Crippen LogP contribution in [-0.2, 0) is 0 Å². The van der Waals surface area contributed by atoms with Crippen LogP contribution in [0, 0.1) is 5.92 Å². The van der Waals surface area contributed by atoms with Crippen molar-refractivity contribution in [1.82, 2.24) is 5.32 Å². The zero-order valence-corrected chi connectivity index (χ0v) is 12.8. The summed E-state index contributed by atoms with van der Waals surface area (Å²) in [7, 11) is 0. The highest BCUT2D eigenvalue weighted by Gasteiger charge is 2.10. The second-order valence-corrected chi connectivity index (χ2v) is 5.81. The third kappa shape index (κ3) is 5.29. The number of nitrogen functional groups attached to an aromatic ring is 1. The minimum absolute atomic E-state index is 0.173. The van der Waals surface area contributed by atoms with E-state index in [2.05, 4.69) is 19.2 Å². The normalized spacial score (nSPS) is 10.8. The second kappa shape index (κ2) is 7.61. The van der Waals surface area contributed by atoms with Crippen LogP contribution in [0.4, 0.5) is 5.69 Å².